The van der Waals surface area contributed by atoms with E-state index in [4.69, 9.17) is 10.5 Å². The first-order valence-corrected chi connectivity index (χ1v) is 6.85. The van der Waals surface area contributed by atoms with E-state index < -0.39 is 0 Å². The SMILES string of the molecule is CC(C)c1c(N)ncnc1OCc1ccc(Br)cc1. The molecule has 0 aliphatic rings. The summed E-state index contributed by atoms with van der Waals surface area (Å²) in [6, 6.07) is 7.97. The first kappa shape index (κ1) is 13.8. The zero-order chi connectivity index (χ0) is 13.8. The van der Waals surface area contributed by atoms with Crippen molar-refractivity contribution in [2.24, 2.45) is 0 Å². The highest BCUT2D eigenvalue weighted by Crippen LogP contribution is 2.28. The number of benzene rings is 1. The zero-order valence-corrected chi connectivity index (χ0v) is 12.5. The highest BCUT2D eigenvalue weighted by Gasteiger charge is 2.14. The van der Waals surface area contributed by atoms with Gasteiger partial charge in [-0.1, -0.05) is 41.9 Å². The van der Waals surface area contributed by atoms with Gasteiger partial charge in [-0.25, -0.2) is 9.97 Å². The summed E-state index contributed by atoms with van der Waals surface area (Å²) < 4.78 is 6.81. The van der Waals surface area contributed by atoms with Crippen LogP contribution in [-0.2, 0) is 6.61 Å². The molecule has 0 amide bonds. The fourth-order valence-corrected chi connectivity index (χ4v) is 2.05. The Morgan fingerprint density at radius 3 is 2.53 bits per heavy atom. The van der Waals surface area contributed by atoms with E-state index in [9.17, 15) is 0 Å². The average molecular weight is 322 g/mol. The highest BCUT2D eigenvalue weighted by atomic mass is 79.9. The molecule has 100 valence electrons. The number of hydrogen-bond acceptors (Lipinski definition) is 4. The molecular weight excluding hydrogens is 306 g/mol. The lowest BCUT2D eigenvalue weighted by Gasteiger charge is -2.14. The van der Waals surface area contributed by atoms with Gasteiger partial charge in [0, 0.05) is 4.47 Å². The number of nitrogens with zero attached hydrogens (tertiary/aromatic N) is 2. The maximum absolute atomic E-state index is 5.87. The topological polar surface area (TPSA) is 61.0 Å². The standard InChI is InChI=1S/C14H16BrN3O/c1-9(2)12-13(16)17-8-18-14(12)19-7-10-3-5-11(15)6-4-10/h3-6,8-9H,7H2,1-2H3,(H2,16,17,18). The van der Waals surface area contributed by atoms with Gasteiger partial charge in [0.25, 0.3) is 0 Å². The number of nitrogen functional groups attached to an aromatic ring is 1. The number of anilines is 1. The number of nitrogens with two attached hydrogens (primary N) is 1. The molecular formula is C14H16BrN3O. The third kappa shape index (κ3) is 3.44. The van der Waals surface area contributed by atoms with Gasteiger partial charge in [-0.2, -0.15) is 0 Å². The molecule has 19 heavy (non-hydrogen) atoms. The quantitative estimate of drug-likeness (QED) is 0.935. The van der Waals surface area contributed by atoms with Crippen LogP contribution in [0, 0.1) is 0 Å². The molecule has 0 aliphatic carbocycles. The lowest BCUT2D eigenvalue weighted by atomic mass is 10.1. The fraction of sp³-hybridized carbons (Fsp3) is 0.286. The van der Waals surface area contributed by atoms with E-state index in [0.29, 0.717) is 18.3 Å². The van der Waals surface area contributed by atoms with E-state index in [1.54, 1.807) is 0 Å². The van der Waals surface area contributed by atoms with Crippen molar-refractivity contribution in [3.05, 3.63) is 46.2 Å². The minimum atomic E-state index is 0.223. The Labute approximate surface area is 121 Å². The molecule has 2 rings (SSSR count). The van der Waals surface area contributed by atoms with Gasteiger partial charge >= 0.3 is 0 Å². The van der Waals surface area contributed by atoms with E-state index in [0.717, 1.165) is 15.6 Å². The minimum absolute atomic E-state index is 0.223. The highest BCUT2D eigenvalue weighted by molar-refractivity contribution is 9.10. The lowest BCUT2D eigenvalue weighted by Crippen LogP contribution is -2.06. The summed E-state index contributed by atoms with van der Waals surface area (Å²) in [6.07, 6.45) is 1.43. The molecule has 2 aromatic rings. The Balaban J connectivity index is 2.15. The van der Waals surface area contributed by atoms with Gasteiger partial charge in [-0.15, -0.1) is 0 Å². The molecule has 5 heteroatoms. The fourth-order valence-electron chi connectivity index (χ4n) is 1.78. The van der Waals surface area contributed by atoms with E-state index >= 15 is 0 Å². The summed E-state index contributed by atoms with van der Waals surface area (Å²) in [5.74, 6) is 1.27. The number of halogens is 1. The largest absolute Gasteiger partial charge is 0.472 e. The minimum Gasteiger partial charge on any atom is -0.472 e. The number of hydrogen-bond donors (Lipinski definition) is 1. The molecule has 2 N–H and O–H groups in total. The average Bonchev–Trinajstić information content (AvgIpc) is 2.37. The Hall–Kier alpha value is -1.62. The van der Waals surface area contributed by atoms with Crippen molar-refractivity contribution in [2.75, 3.05) is 5.73 Å². The lowest BCUT2D eigenvalue weighted by molar-refractivity contribution is 0.289. The summed E-state index contributed by atoms with van der Waals surface area (Å²) in [6.45, 7) is 4.55. The number of rotatable bonds is 4. The second-order valence-electron chi connectivity index (χ2n) is 4.55. The molecule has 0 atom stereocenters. The Morgan fingerprint density at radius 2 is 1.89 bits per heavy atom. The van der Waals surface area contributed by atoms with E-state index in [1.807, 2.05) is 38.1 Å². The van der Waals surface area contributed by atoms with Crippen LogP contribution in [0.25, 0.3) is 0 Å². The predicted molar refractivity (Wildman–Crippen MR) is 79.0 cm³/mol. The third-order valence-corrected chi connectivity index (χ3v) is 3.27. The second kappa shape index (κ2) is 6.02. The number of aromatic nitrogens is 2. The summed E-state index contributed by atoms with van der Waals surface area (Å²) in [5.41, 5.74) is 7.81. The molecule has 0 saturated carbocycles. The van der Waals surface area contributed by atoms with Crippen molar-refractivity contribution in [2.45, 2.75) is 26.4 Å². The zero-order valence-electron chi connectivity index (χ0n) is 10.9. The number of ether oxygens (including phenoxy) is 1. The summed E-state index contributed by atoms with van der Waals surface area (Å²) in [5, 5.41) is 0. The molecule has 0 bridgehead atoms. The van der Waals surface area contributed by atoms with Crippen molar-refractivity contribution < 1.29 is 4.74 Å². The van der Waals surface area contributed by atoms with Crippen molar-refractivity contribution in [1.82, 2.24) is 9.97 Å². The van der Waals surface area contributed by atoms with Crippen molar-refractivity contribution >= 4 is 21.7 Å². The van der Waals surface area contributed by atoms with Gasteiger partial charge in [-0.3, -0.25) is 0 Å². The molecule has 0 aliphatic heterocycles. The molecule has 4 nitrogen and oxygen atoms in total. The van der Waals surface area contributed by atoms with Gasteiger partial charge in [0.05, 0.1) is 5.56 Å². The van der Waals surface area contributed by atoms with Gasteiger partial charge in [-0.05, 0) is 23.6 Å². The molecule has 0 fully saturated rings. The normalized spacial score (nSPS) is 10.7. The maximum Gasteiger partial charge on any atom is 0.222 e. The Bertz CT molecular complexity index is 555. The van der Waals surface area contributed by atoms with Crippen LogP contribution in [0.2, 0.25) is 0 Å². The van der Waals surface area contributed by atoms with Gasteiger partial charge in [0.2, 0.25) is 5.88 Å². The van der Waals surface area contributed by atoms with E-state index in [1.165, 1.54) is 6.33 Å². The molecule has 0 saturated heterocycles. The molecule has 0 spiro atoms. The van der Waals surface area contributed by atoms with Crippen molar-refractivity contribution in [3.8, 4) is 5.88 Å². The van der Waals surface area contributed by atoms with Gasteiger partial charge in [0.1, 0.15) is 18.8 Å². The first-order chi connectivity index (χ1) is 9.08. The molecule has 1 heterocycles. The monoisotopic (exact) mass is 321 g/mol. The summed E-state index contributed by atoms with van der Waals surface area (Å²) in [7, 11) is 0. The Kier molecular flexibility index (Phi) is 4.37. The van der Waals surface area contributed by atoms with Crippen LogP contribution in [0.4, 0.5) is 5.82 Å². The van der Waals surface area contributed by atoms with Crippen LogP contribution >= 0.6 is 15.9 Å². The smallest absolute Gasteiger partial charge is 0.222 e. The molecule has 1 aromatic carbocycles. The van der Waals surface area contributed by atoms with Crippen LogP contribution in [-0.4, -0.2) is 9.97 Å². The van der Waals surface area contributed by atoms with Crippen LogP contribution in [0.5, 0.6) is 5.88 Å². The summed E-state index contributed by atoms with van der Waals surface area (Å²) in [4.78, 5) is 8.18. The molecule has 0 unspecified atom stereocenters. The van der Waals surface area contributed by atoms with Crippen molar-refractivity contribution in [3.63, 3.8) is 0 Å². The van der Waals surface area contributed by atoms with Crippen molar-refractivity contribution in [1.29, 1.82) is 0 Å². The second-order valence-corrected chi connectivity index (χ2v) is 5.46. The third-order valence-electron chi connectivity index (χ3n) is 2.74. The molecule has 1 aromatic heterocycles. The van der Waals surface area contributed by atoms with Gasteiger partial charge in [0.15, 0.2) is 0 Å². The van der Waals surface area contributed by atoms with Crippen LogP contribution in [0.1, 0.15) is 30.9 Å². The van der Waals surface area contributed by atoms with Crippen LogP contribution in [0.15, 0.2) is 35.1 Å². The first-order valence-electron chi connectivity index (χ1n) is 6.05. The van der Waals surface area contributed by atoms with E-state index in [-0.39, 0.29) is 5.92 Å². The predicted octanol–water partition coefficient (Wildman–Crippen LogP) is 3.52. The van der Waals surface area contributed by atoms with E-state index in [2.05, 4.69) is 25.9 Å². The maximum atomic E-state index is 5.87. The Morgan fingerprint density at radius 1 is 1.21 bits per heavy atom. The van der Waals surface area contributed by atoms with Gasteiger partial charge < -0.3 is 10.5 Å². The molecule has 0 radical (unpaired) electrons. The summed E-state index contributed by atoms with van der Waals surface area (Å²) >= 11 is 3.40. The van der Waals surface area contributed by atoms with Crippen LogP contribution < -0.4 is 10.5 Å². The van der Waals surface area contributed by atoms with Crippen LogP contribution in [0.3, 0.4) is 0 Å².